The summed E-state index contributed by atoms with van der Waals surface area (Å²) in [5.74, 6) is -1.15. The number of primary amides is 1. The molecule has 11 heavy (non-hydrogen) atoms. The van der Waals surface area contributed by atoms with Crippen molar-refractivity contribution in [3.05, 3.63) is 0 Å². The van der Waals surface area contributed by atoms with Crippen LogP contribution in [0.5, 0.6) is 0 Å². The third-order valence-electron chi connectivity index (χ3n) is 1.09. The minimum atomic E-state index is -0.819. The first-order chi connectivity index (χ1) is 5.07. The Morgan fingerprint density at radius 2 is 2.09 bits per heavy atom. The molecule has 1 amide bonds. The number of nitrogens with two attached hydrogens (primary N) is 2. The van der Waals surface area contributed by atoms with Gasteiger partial charge in [0.05, 0.1) is 0 Å². The van der Waals surface area contributed by atoms with Crippen molar-refractivity contribution in [1.29, 1.82) is 0 Å². The zero-order valence-electron chi connectivity index (χ0n) is 5.82. The van der Waals surface area contributed by atoms with Gasteiger partial charge >= 0.3 is 5.97 Å². The summed E-state index contributed by atoms with van der Waals surface area (Å²) >= 11 is 3.25. The van der Waals surface area contributed by atoms with Gasteiger partial charge in [-0.3, -0.25) is 4.79 Å². The molecule has 1 unspecified atom stereocenters. The lowest BCUT2D eigenvalue weighted by Gasteiger charge is -2.05. The molecule has 5 nitrogen and oxygen atoms in total. The molecule has 64 valence electrons. The van der Waals surface area contributed by atoms with Crippen molar-refractivity contribution < 1.29 is 13.8 Å². The maximum atomic E-state index is 10.5. The molecule has 0 aliphatic carbocycles. The Morgan fingerprint density at radius 3 is 2.45 bits per heavy atom. The fraction of sp³-hybridized carbons (Fsp3) is 0.600. The highest BCUT2D eigenvalue weighted by Crippen LogP contribution is 1.97. The van der Waals surface area contributed by atoms with Crippen molar-refractivity contribution in [3.8, 4) is 0 Å². The first-order valence-corrected chi connectivity index (χ1v) is 3.33. The fourth-order valence-corrected chi connectivity index (χ4v) is 0.619. The Kier molecular flexibility index (Phi) is 4.64. The zero-order valence-corrected chi connectivity index (χ0v) is 6.71. The van der Waals surface area contributed by atoms with Crippen LogP contribution in [0.1, 0.15) is 12.8 Å². The third kappa shape index (κ3) is 4.63. The molecule has 0 spiro atoms. The summed E-state index contributed by atoms with van der Waals surface area (Å²) in [7, 11) is 0. The first-order valence-electron chi connectivity index (χ1n) is 2.97. The summed E-state index contributed by atoms with van der Waals surface area (Å²) in [6.45, 7) is 0. The van der Waals surface area contributed by atoms with E-state index < -0.39 is 17.9 Å². The Morgan fingerprint density at radius 1 is 1.55 bits per heavy atom. The van der Waals surface area contributed by atoms with Crippen molar-refractivity contribution in [2.24, 2.45) is 11.5 Å². The van der Waals surface area contributed by atoms with Gasteiger partial charge in [0.15, 0.2) is 0 Å². The van der Waals surface area contributed by atoms with Gasteiger partial charge in [-0.15, -0.1) is 0 Å². The smallest absolute Gasteiger partial charge is 0.334 e. The monoisotopic (exact) mass is 178 g/mol. The van der Waals surface area contributed by atoms with Crippen LogP contribution in [0, 0.1) is 0 Å². The van der Waals surface area contributed by atoms with Crippen LogP contribution in [0.2, 0.25) is 0 Å². The van der Waals surface area contributed by atoms with E-state index in [1.54, 1.807) is 0 Å². The van der Waals surface area contributed by atoms with E-state index in [9.17, 15) is 9.59 Å². The molecule has 0 saturated heterocycles. The van der Waals surface area contributed by atoms with E-state index in [0.717, 1.165) is 0 Å². The predicted octanol–water partition coefficient (Wildman–Crippen LogP) is -1.03. The van der Waals surface area contributed by atoms with Gasteiger partial charge < -0.3 is 15.7 Å². The van der Waals surface area contributed by atoms with Crippen LogP contribution in [0.4, 0.5) is 0 Å². The minimum absolute atomic E-state index is 0.0735. The van der Waals surface area contributed by atoms with Crippen molar-refractivity contribution >= 4 is 24.8 Å². The molecule has 6 heteroatoms. The summed E-state index contributed by atoms with van der Waals surface area (Å²) in [6, 6.07) is -0.819. The van der Waals surface area contributed by atoms with E-state index in [0.29, 0.717) is 0 Å². The van der Waals surface area contributed by atoms with Gasteiger partial charge in [0.25, 0.3) is 0 Å². The van der Waals surface area contributed by atoms with Gasteiger partial charge in [0.1, 0.15) is 6.04 Å². The van der Waals surface area contributed by atoms with Gasteiger partial charge in [-0.2, -0.15) is 0 Å². The van der Waals surface area contributed by atoms with Crippen LogP contribution in [-0.4, -0.2) is 17.9 Å². The average molecular weight is 178 g/mol. The first kappa shape index (κ1) is 10.2. The molecule has 0 aliphatic rings. The molecule has 0 heterocycles. The van der Waals surface area contributed by atoms with Gasteiger partial charge in [0, 0.05) is 19.3 Å². The highest BCUT2D eigenvalue weighted by atomic mass is 32.1. The Balaban J connectivity index is 3.60. The molecule has 4 N–H and O–H groups in total. The molecule has 1 atom stereocenters. The number of hydrogen-bond donors (Lipinski definition) is 3. The molecule has 0 bridgehead atoms. The number of thiol groups is 1. The molecular weight excluding hydrogens is 168 g/mol. The lowest BCUT2D eigenvalue weighted by atomic mass is 10.2. The number of carbonyl (C=O) groups is 2. The van der Waals surface area contributed by atoms with E-state index >= 15 is 0 Å². The topological polar surface area (TPSA) is 95.4 Å². The molecule has 0 rings (SSSR count). The standard InChI is InChI=1S/C5H10N2O3S/c6-3(5(9)10-11)1-2-4(7)8/h3,11H,1-2,6H2,(H2,7,8). The molecular formula is C5H10N2O3S. The molecule has 0 fully saturated rings. The quantitative estimate of drug-likeness (QED) is 0.379. The largest absolute Gasteiger partial charge is 0.393 e. The summed E-state index contributed by atoms with van der Waals surface area (Å²) < 4.78 is 4.02. The van der Waals surface area contributed by atoms with E-state index in [1.165, 1.54) is 0 Å². The van der Waals surface area contributed by atoms with E-state index in [-0.39, 0.29) is 12.8 Å². The minimum Gasteiger partial charge on any atom is -0.393 e. The second-order valence-corrected chi connectivity index (χ2v) is 2.20. The van der Waals surface area contributed by atoms with E-state index in [1.807, 2.05) is 0 Å². The summed E-state index contributed by atoms with van der Waals surface area (Å²) in [5, 5.41) is 0. The number of rotatable bonds is 4. The molecule has 0 saturated carbocycles. The summed E-state index contributed by atoms with van der Waals surface area (Å²) in [6.07, 6.45) is 0.263. The molecule has 0 radical (unpaired) electrons. The predicted molar refractivity (Wildman–Crippen MR) is 41.5 cm³/mol. The lowest BCUT2D eigenvalue weighted by molar-refractivity contribution is -0.134. The Labute approximate surface area is 69.7 Å². The van der Waals surface area contributed by atoms with E-state index in [4.69, 9.17) is 11.5 Å². The maximum absolute atomic E-state index is 10.5. The second-order valence-electron chi connectivity index (χ2n) is 2.02. The zero-order chi connectivity index (χ0) is 8.85. The highest BCUT2D eigenvalue weighted by Gasteiger charge is 2.14. The summed E-state index contributed by atoms with van der Waals surface area (Å²) in [5.41, 5.74) is 10.1. The van der Waals surface area contributed by atoms with Gasteiger partial charge in [-0.25, -0.2) is 4.79 Å². The Bertz CT molecular complexity index is 162. The van der Waals surface area contributed by atoms with Crippen LogP contribution < -0.4 is 11.5 Å². The van der Waals surface area contributed by atoms with Crippen LogP contribution >= 0.6 is 12.9 Å². The van der Waals surface area contributed by atoms with Crippen LogP contribution in [0.25, 0.3) is 0 Å². The normalized spacial score (nSPS) is 12.2. The molecule has 0 aromatic rings. The Hall–Kier alpha value is -0.750. The van der Waals surface area contributed by atoms with Crippen LogP contribution in [0.15, 0.2) is 0 Å². The molecule has 0 aromatic heterocycles. The van der Waals surface area contributed by atoms with Crippen molar-refractivity contribution in [2.45, 2.75) is 18.9 Å². The molecule has 0 aliphatic heterocycles. The van der Waals surface area contributed by atoms with Crippen molar-refractivity contribution in [1.82, 2.24) is 0 Å². The van der Waals surface area contributed by atoms with Gasteiger partial charge in [0.2, 0.25) is 5.91 Å². The highest BCUT2D eigenvalue weighted by molar-refractivity contribution is 7.75. The second kappa shape index (κ2) is 4.97. The third-order valence-corrected chi connectivity index (χ3v) is 1.27. The van der Waals surface area contributed by atoms with Crippen molar-refractivity contribution in [2.75, 3.05) is 0 Å². The fourth-order valence-electron chi connectivity index (χ4n) is 0.483. The SMILES string of the molecule is NC(=O)CCC(N)C(=O)OS. The van der Waals surface area contributed by atoms with Gasteiger partial charge in [-0.05, 0) is 6.42 Å². The average Bonchev–Trinajstić information content (AvgIpc) is 1.98. The summed E-state index contributed by atoms with van der Waals surface area (Å²) in [4.78, 5) is 20.8. The molecule has 0 aromatic carbocycles. The number of carbonyl (C=O) groups excluding carboxylic acids is 2. The number of hydrogen-bond acceptors (Lipinski definition) is 5. The maximum Gasteiger partial charge on any atom is 0.334 e. The lowest BCUT2D eigenvalue weighted by Crippen LogP contribution is -2.31. The van der Waals surface area contributed by atoms with Crippen LogP contribution in [0.3, 0.4) is 0 Å². The van der Waals surface area contributed by atoms with Gasteiger partial charge in [-0.1, -0.05) is 0 Å². The number of amides is 1. The van der Waals surface area contributed by atoms with Crippen LogP contribution in [-0.2, 0) is 13.8 Å². The van der Waals surface area contributed by atoms with Crippen molar-refractivity contribution in [3.63, 3.8) is 0 Å². The van der Waals surface area contributed by atoms with E-state index in [2.05, 4.69) is 17.1 Å².